The predicted molar refractivity (Wildman–Crippen MR) is 99.8 cm³/mol. The quantitative estimate of drug-likeness (QED) is 0.250. The van der Waals surface area contributed by atoms with Gasteiger partial charge in [-0.1, -0.05) is 12.1 Å². The summed E-state index contributed by atoms with van der Waals surface area (Å²) in [5.41, 5.74) is 0.718. The summed E-state index contributed by atoms with van der Waals surface area (Å²) >= 11 is 0. The summed E-state index contributed by atoms with van der Waals surface area (Å²) in [5, 5.41) is 36.7. The van der Waals surface area contributed by atoms with Gasteiger partial charge in [-0.3, -0.25) is 9.59 Å². The van der Waals surface area contributed by atoms with E-state index in [2.05, 4.69) is 0 Å². The largest absolute Gasteiger partial charge is 2.00 e. The molecule has 0 amide bonds. The van der Waals surface area contributed by atoms with Crippen molar-refractivity contribution in [2.24, 2.45) is 0 Å². The molecule has 4 N–H and O–H groups in total. The molecule has 1 aliphatic rings. The van der Waals surface area contributed by atoms with Crippen LogP contribution in [0.1, 0.15) is 55.5 Å². The molecule has 0 unspecified atom stereocenters. The van der Waals surface area contributed by atoms with Gasteiger partial charge in [-0.25, -0.2) is 0 Å². The van der Waals surface area contributed by atoms with Crippen LogP contribution in [-0.4, -0.2) is 32.0 Å². The topological polar surface area (TPSA) is 115 Å². The zero-order valence-corrected chi connectivity index (χ0v) is 17.7. The Kier molecular flexibility index (Phi) is 15.9. The second-order valence-electron chi connectivity index (χ2n) is 5.02. The molecule has 0 saturated carbocycles. The normalized spacial score (nSPS) is 10.6. The summed E-state index contributed by atoms with van der Waals surface area (Å²) in [6.07, 6.45) is -3.47. The van der Waals surface area contributed by atoms with Gasteiger partial charge in [0.15, 0.2) is 24.1 Å². The fourth-order valence-corrected chi connectivity index (χ4v) is 2.51. The van der Waals surface area contributed by atoms with Crippen LogP contribution in [0.2, 0.25) is 0 Å². The molecule has 0 aromatic heterocycles. The van der Waals surface area contributed by atoms with Crippen LogP contribution in [0, 0.1) is 29.7 Å². The maximum absolute atomic E-state index is 12.5. The number of hydrogen-bond donors (Lipinski definition) is 4. The number of carbonyl (C=O) groups is 2. The first kappa shape index (κ1) is 34.2. The smallest absolute Gasteiger partial charge is 0.364 e. The Morgan fingerprint density at radius 3 is 1.07 bits per heavy atom. The van der Waals surface area contributed by atoms with Gasteiger partial charge in [0, 0.05) is 33.4 Å². The molecule has 28 heavy (non-hydrogen) atoms. The average Bonchev–Trinajstić information content (AvgIpc) is 2.51. The van der Waals surface area contributed by atoms with Crippen molar-refractivity contribution in [2.45, 2.75) is 12.6 Å². The van der Waals surface area contributed by atoms with Gasteiger partial charge in [0.1, 0.15) is 0 Å². The van der Waals surface area contributed by atoms with Crippen molar-refractivity contribution in [3.63, 3.8) is 0 Å². The molecule has 2 aromatic rings. The maximum Gasteiger partial charge on any atom is 2.00 e. The number of carbonyl (C=O) groups excluding carboxylic acids is 2. The molecule has 8 heteroatoms. The number of ketones is 2. The van der Waals surface area contributed by atoms with Crippen molar-refractivity contribution in [1.29, 1.82) is 0 Å². The molecular weight excluding hydrogens is 463 g/mol. The summed E-state index contributed by atoms with van der Waals surface area (Å²) in [6.45, 7) is 0. The summed E-state index contributed by atoms with van der Waals surface area (Å²) in [5.74, 6) is -0.850. The van der Waals surface area contributed by atoms with Crippen LogP contribution < -0.4 is 0 Å². The monoisotopic (exact) mass is 486 g/mol. The first-order valence-electron chi connectivity index (χ1n) is 6.49. The molecule has 0 bridgehead atoms. The minimum absolute atomic E-state index is 0. The Bertz CT molecular complexity index is 736. The van der Waals surface area contributed by atoms with Gasteiger partial charge in [-0.15, -0.1) is 0 Å². The molecule has 0 atom stereocenters. The van der Waals surface area contributed by atoms with Gasteiger partial charge in [0.05, 0.1) is 0 Å². The van der Waals surface area contributed by atoms with E-state index < -0.39 is 24.1 Å². The van der Waals surface area contributed by atoms with Crippen LogP contribution in [0.4, 0.5) is 0 Å². The fraction of sp³-hybridized carbons (Fsp3) is 0.100. The zero-order valence-electron chi connectivity index (χ0n) is 15.8. The van der Waals surface area contributed by atoms with Crippen LogP contribution in [-0.2, 0) is 34.1 Å². The number of hydrogen-bond acceptors (Lipinski definition) is 6. The number of benzene rings is 2. The van der Waals surface area contributed by atoms with Crippen molar-refractivity contribution in [1.82, 2.24) is 0 Å². The molecule has 0 saturated heterocycles. The Balaban J connectivity index is -0.000000480. The van der Waals surface area contributed by atoms with E-state index >= 15 is 0 Å². The van der Waals surface area contributed by atoms with E-state index in [0.717, 1.165) is 0 Å². The SMILES string of the molecule is O=C1c2ccc(C(O)O)cc2C(=O)c2ccc(C(O)O)cc21.[CH3-].[CH3-].[CH3-].[CH3-].[Cu+2].[Cu+2]. The third-order valence-corrected chi connectivity index (χ3v) is 3.66. The van der Waals surface area contributed by atoms with E-state index in [-0.39, 0.29) is 97.2 Å². The second kappa shape index (κ2) is 13.0. The van der Waals surface area contributed by atoms with E-state index in [1.54, 1.807) is 0 Å². The zero-order chi connectivity index (χ0) is 16.0. The Morgan fingerprint density at radius 2 is 0.821 bits per heavy atom. The number of aliphatic hydroxyl groups is 4. The minimum atomic E-state index is -1.73. The molecule has 2 radical (unpaired) electrons. The third kappa shape index (κ3) is 5.83. The van der Waals surface area contributed by atoms with Crippen molar-refractivity contribution in [3.05, 3.63) is 99.5 Å². The van der Waals surface area contributed by atoms with Crippen LogP contribution >= 0.6 is 0 Å². The van der Waals surface area contributed by atoms with E-state index in [0.29, 0.717) is 0 Å². The summed E-state index contributed by atoms with van der Waals surface area (Å²) in [6, 6.07) is 7.97. The van der Waals surface area contributed by atoms with Gasteiger partial charge in [-0.2, -0.15) is 0 Å². The van der Waals surface area contributed by atoms with Crippen LogP contribution in [0.5, 0.6) is 0 Å². The first-order valence-corrected chi connectivity index (χ1v) is 6.49. The predicted octanol–water partition coefficient (Wildman–Crippen LogP) is 2.22. The molecule has 6 nitrogen and oxygen atoms in total. The van der Waals surface area contributed by atoms with Gasteiger partial charge < -0.3 is 50.1 Å². The molecule has 3 rings (SSSR count). The van der Waals surface area contributed by atoms with E-state index in [1.807, 2.05) is 0 Å². The minimum Gasteiger partial charge on any atom is -0.364 e. The summed E-state index contributed by atoms with van der Waals surface area (Å²) < 4.78 is 0. The van der Waals surface area contributed by atoms with Crippen molar-refractivity contribution >= 4 is 11.6 Å². The van der Waals surface area contributed by atoms with Crippen molar-refractivity contribution in [2.75, 3.05) is 0 Å². The van der Waals surface area contributed by atoms with Crippen LogP contribution in [0.25, 0.3) is 0 Å². The van der Waals surface area contributed by atoms with E-state index in [9.17, 15) is 30.0 Å². The molecule has 0 heterocycles. The number of rotatable bonds is 2. The Morgan fingerprint density at radius 1 is 0.536 bits per heavy atom. The fourth-order valence-electron chi connectivity index (χ4n) is 2.51. The Labute approximate surface area is 187 Å². The van der Waals surface area contributed by atoms with E-state index in [1.165, 1.54) is 36.4 Å². The van der Waals surface area contributed by atoms with Gasteiger partial charge in [0.2, 0.25) is 0 Å². The maximum atomic E-state index is 12.5. The molecule has 0 spiro atoms. The van der Waals surface area contributed by atoms with Gasteiger partial charge in [-0.05, 0) is 24.3 Å². The van der Waals surface area contributed by atoms with Gasteiger partial charge in [0.25, 0.3) is 0 Å². The molecule has 2 aromatic carbocycles. The number of aliphatic hydroxyl groups excluding tert-OH is 2. The second-order valence-corrected chi connectivity index (χ2v) is 5.02. The summed E-state index contributed by atoms with van der Waals surface area (Å²) in [4.78, 5) is 24.9. The summed E-state index contributed by atoms with van der Waals surface area (Å²) in [7, 11) is 0. The van der Waals surface area contributed by atoms with Crippen molar-refractivity contribution in [3.8, 4) is 0 Å². The molecular formula is C20H24Cu2O6. The first-order chi connectivity index (χ1) is 10.4. The molecule has 0 aliphatic heterocycles. The third-order valence-electron chi connectivity index (χ3n) is 3.66. The average molecular weight is 487 g/mol. The van der Waals surface area contributed by atoms with E-state index in [4.69, 9.17) is 0 Å². The van der Waals surface area contributed by atoms with Crippen LogP contribution in [0.15, 0.2) is 36.4 Å². The standard InChI is InChI=1S/C16H12O6.4CH3.2Cu/c17-13-9-3-1-7(15(19)20)5-11(9)14(18)10-4-2-8(16(21)22)6-12(10)13;;;;;;/h1-6,15-16,19-22H;4*1H3;;/q;4*-1;2*+2. The number of fused-ring (bicyclic) bond motifs is 2. The molecule has 162 valence electrons. The van der Waals surface area contributed by atoms with Crippen molar-refractivity contribution < 1.29 is 64.2 Å². The molecule has 0 fully saturated rings. The van der Waals surface area contributed by atoms with Gasteiger partial charge >= 0.3 is 34.1 Å². The Hall–Kier alpha value is -1.34. The van der Waals surface area contributed by atoms with Crippen LogP contribution in [0.3, 0.4) is 0 Å². The molecule has 1 aliphatic carbocycles.